The van der Waals surface area contributed by atoms with Crippen molar-refractivity contribution in [1.29, 1.82) is 0 Å². The first-order valence-corrected chi connectivity index (χ1v) is 7.21. The van der Waals surface area contributed by atoms with Crippen LogP contribution in [0.25, 0.3) is 0 Å². The maximum Gasteiger partial charge on any atom is 0.316 e. The molecule has 1 fully saturated rings. The van der Waals surface area contributed by atoms with Gasteiger partial charge in [-0.1, -0.05) is 12.1 Å². The predicted molar refractivity (Wildman–Crippen MR) is 78.0 cm³/mol. The Balaban J connectivity index is 1.68. The van der Waals surface area contributed by atoms with Crippen molar-refractivity contribution in [1.82, 2.24) is 14.9 Å². The molecule has 1 aliphatic heterocycles. The van der Waals surface area contributed by atoms with E-state index in [0.717, 1.165) is 12.8 Å². The summed E-state index contributed by atoms with van der Waals surface area (Å²) in [6.07, 6.45) is 4.66. The number of likely N-dealkylation sites (tertiary alicyclic amines) is 1. The minimum Gasteiger partial charge on any atom is -0.458 e. The van der Waals surface area contributed by atoms with Gasteiger partial charge in [-0.2, -0.15) is 0 Å². The van der Waals surface area contributed by atoms with E-state index in [-0.39, 0.29) is 17.6 Å². The van der Waals surface area contributed by atoms with Gasteiger partial charge in [0.25, 0.3) is 5.91 Å². The maximum absolute atomic E-state index is 13.7. The van der Waals surface area contributed by atoms with Crippen molar-refractivity contribution in [2.75, 3.05) is 13.1 Å². The normalized spacial score (nSPS) is 18.0. The van der Waals surface area contributed by atoms with Gasteiger partial charge in [0, 0.05) is 18.9 Å². The lowest BCUT2D eigenvalue weighted by Gasteiger charge is -2.32. The second-order valence-corrected chi connectivity index (χ2v) is 5.14. The van der Waals surface area contributed by atoms with Crippen molar-refractivity contribution >= 4 is 5.91 Å². The van der Waals surface area contributed by atoms with Gasteiger partial charge in [-0.05, 0) is 31.0 Å². The quantitative estimate of drug-likeness (QED) is 0.873. The van der Waals surface area contributed by atoms with Gasteiger partial charge in [-0.25, -0.2) is 14.4 Å². The van der Waals surface area contributed by atoms with Gasteiger partial charge < -0.3 is 9.64 Å². The summed E-state index contributed by atoms with van der Waals surface area (Å²) in [5.74, 6) is -0.803. The molecule has 1 aromatic heterocycles. The van der Waals surface area contributed by atoms with Crippen LogP contribution in [0, 0.1) is 5.82 Å². The minimum absolute atomic E-state index is 0.0964. The number of rotatable bonds is 3. The van der Waals surface area contributed by atoms with Crippen molar-refractivity contribution in [2.45, 2.75) is 18.9 Å². The van der Waals surface area contributed by atoms with Crippen LogP contribution in [0.5, 0.6) is 6.01 Å². The van der Waals surface area contributed by atoms with Crippen molar-refractivity contribution in [3.63, 3.8) is 0 Å². The number of ether oxygens (including phenoxy) is 1. The van der Waals surface area contributed by atoms with Gasteiger partial charge in [0.05, 0.1) is 12.1 Å². The third kappa shape index (κ3) is 3.21. The molecule has 0 radical (unpaired) electrons. The van der Waals surface area contributed by atoms with E-state index in [1.54, 1.807) is 35.5 Å². The van der Waals surface area contributed by atoms with E-state index in [1.165, 1.54) is 12.1 Å². The number of carbonyl (C=O) groups is 1. The number of hydrogen-bond acceptors (Lipinski definition) is 4. The van der Waals surface area contributed by atoms with Crippen molar-refractivity contribution in [3.8, 4) is 6.01 Å². The second-order valence-electron chi connectivity index (χ2n) is 5.14. The summed E-state index contributed by atoms with van der Waals surface area (Å²) in [5.41, 5.74) is 0.0964. The summed E-state index contributed by atoms with van der Waals surface area (Å²) in [4.78, 5) is 22.1. The Morgan fingerprint density at radius 2 is 2.00 bits per heavy atom. The van der Waals surface area contributed by atoms with E-state index in [4.69, 9.17) is 4.74 Å². The van der Waals surface area contributed by atoms with Gasteiger partial charge in [-0.15, -0.1) is 0 Å². The molecule has 0 saturated carbocycles. The Hall–Kier alpha value is -2.50. The number of hydrogen-bond donors (Lipinski definition) is 0. The third-order valence-electron chi connectivity index (χ3n) is 3.58. The number of benzene rings is 1. The van der Waals surface area contributed by atoms with Crippen LogP contribution in [0.15, 0.2) is 42.7 Å². The Bertz CT molecular complexity index is 651. The molecule has 2 aromatic rings. The minimum atomic E-state index is -0.498. The molecule has 0 spiro atoms. The number of amides is 1. The number of halogens is 1. The van der Waals surface area contributed by atoms with Crippen LogP contribution in [-0.2, 0) is 0 Å². The predicted octanol–water partition coefficient (Wildman–Crippen LogP) is 2.30. The summed E-state index contributed by atoms with van der Waals surface area (Å²) in [6, 6.07) is 8.04. The summed E-state index contributed by atoms with van der Waals surface area (Å²) in [7, 11) is 0. The summed E-state index contributed by atoms with van der Waals surface area (Å²) < 4.78 is 19.4. The van der Waals surface area contributed by atoms with Crippen molar-refractivity contribution in [3.05, 3.63) is 54.1 Å². The van der Waals surface area contributed by atoms with E-state index in [1.807, 2.05) is 0 Å². The molecular weight excluding hydrogens is 285 g/mol. The van der Waals surface area contributed by atoms with E-state index in [2.05, 4.69) is 9.97 Å². The molecule has 22 heavy (non-hydrogen) atoms. The van der Waals surface area contributed by atoms with E-state index in [9.17, 15) is 9.18 Å². The van der Waals surface area contributed by atoms with Gasteiger partial charge in [0.1, 0.15) is 11.9 Å². The molecule has 2 heterocycles. The van der Waals surface area contributed by atoms with Crippen LogP contribution in [0.2, 0.25) is 0 Å². The fourth-order valence-corrected chi connectivity index (χ4v) is 2.52. The van der Waals surface area contributed by atoms with E-state index in [0.29, 0.717) is 19.1 Å². The number of piperidine rings is 1. The van der Waals surface area contributed by atoms with Gasteiger partial charge in [0.15, 0.2) is 0 Å². The average Bonchev–Trinajstić information content (AvgIpc) is 2.56. The third-order valence-corrected chi connectivity index (χ3v) is 3.58. The molecule has 1 unspecified atom stereocenters. The Morgan fingerprint density at radius 1 is 1.23 bits per heavy atom. The van der Waals surface area contributed by atoms with Crippen LogP contribution in [0.3, 0.4) is 0 Å². The largest absolute Gasteiger partial charge is 0.458 e. The SMILES string of the molecule is O=C(c1ccccc1F)N1CCCC(Oc2ncccn2)C1. The van der Waals surface area contributed by atoms with Crippen LogP contribution in [-0.4, -0.2) is 40.0 Å². The monoisotopic (exact) mass is 301 g/mol. The molecule has 1 amide bonds. The highest BCUT2D eigenvalue weighted by Crippen LogP contribution is 2.18. The first-order chi connectivity index (χ1) is 10.7. The first-order valence-electron chi connectivity index (χ1n) is 7.21. The highest BCUT2D eigenvalue weighted by molar-refractivity contribution is 5.94. The Kier molecular flexibility index (Phi) is 4.27. The lowest BCUT2D eigenvalue weighted by atomic mass is 10.1. The Labute approximate surface area is 127 Å². The molecule has 0 N–H and O–H groups in total. The van der Waals surface area contributed by atoms with E-state index >= 15 is 0 Å². The highest BCUT2D eigenvalue weighted by Gasteiger charge is 2.27. The first kappa shape index (κ1) is 14.4. The standard InChI is InChI=1S/C16H16FN3O2/c17-14-7-2-1-6-13(14)15(21)20-10-3-5-12(11-20)22-16-18-8-4-9-19-16/h1-2,4,6-9,12H,3,5,10-11H2. The van der Waals surface area contributed by atoms with Gasteiger partial charge in [0.2, 0.25) is 0 Å². The summed E-state index contributed by atoms with van der Waals surface area (Å²) in [5, 5.41) is 0. The smallest absolute Gasteiger partial charge is 0.316 e. The molecule has 114 valence electrons. The van der Waals surface area contributed by atoms with Crippen LogP contribution in [0.4, 0.5) is 4.39 Å². The topological polar surface area (TPSA) is 55.3 Å². The number of nitrogens with zero attached hydrogens (tertiary/aromatic N) is 3. The molecule has 1 aromatic carbocycles. The average molecular weight is 301 g/mol. The molecule has 6 heteroatoms. The second kappa shape index (κ2) is 6.51. The van der Waals surface area contributed by atoms with Crippen molar-refractivity contribution in [2.24, 2.45) is 0 Å². The lowest BCUT2D eigenvalue weighted by Crippen LogP contribution is -2.44. The number of carbonyl (C=O) groups excluding carboxylic acids is 1. The molecule has 1 saturated heterocycles. The molecule has 0 aliphatic carbocycles. The fourth-order valence-electron chi connectivity index (χ4n) is 2.52. The fraction of sp³-hybridized carbons (Fsp3) is 0.312. The molecular formula is C16H16FN3O2. The zero-order valence-corrected chi connectivity index (χ0v) is 12.0. The van der Waals surface area contributed by atoms with Crippen LogP contribution in [0.1, 0.15) is 23.2 Å². The zero-order chi connectivity index (χ0) is 15.4. The maximum atomic E-state index is 13.7. The lowest BCUT2D eigenvalue weighted by molar-refractivity contribution is 0.0512. The van der Waals surface area contributed by atoms with E-state index < -0.39 is 5.82 Å². The van der Waals surface area contributed by atoms with Gasteiger partial charge in [-0.3, -0.25) is 4.79 Å². The molecule has 1 aliphatic rings. The van der Waals surface area contributed by atoms with Crippen LogP contribution < -0.4 is 4.74 Å². The van der Waals surface area contributed by atoms with Crippen LogP contribution >= 0.6 is 0 Å². The Morgan fingerprint density at radius 3 is 2.77 bits per heavy atom. The molecule has 5 nitrogen and oxygen atoms in total. The summed E-state index contributed by atoms with van der Waals surface area (Å²) in [6.45, 7) is 1.01. The molecule has 1 atom stereocenters. The zero-order valence-electron chi connectivity index (χ0n) is 12.0. The molecule has 3 rings (SSSR count). The number of aromatic nitrogens is 2. The van der Waals surface area contributed by atoms with Crippen molar-refractivity contribution < 1.29 is 13.9 Å². The van der Waals surface area contributed by atoms with Gasteiger partial charge >= 0.3 is 6.01 Å². The molecule has 0 bridgehead atoms. The highest BCUT2D eigenvalue weighted by atomic mass is 19.1. The summed E-state index contributed by atoms with van der Waals surface area (Å²) >= 11 is 0.